The number of hydrogen-bond acceptors (Lipinski definition) is 0. The molecule has 0 saturated heterocycles. The molecule has 0 nitrogen and oxygen atoms in total. The average Bonchev–Trinajstić information content (AvgIpc) is 3.00. The zero-order valence-corrected chi connectivity index (χ0v) is 16.5. The number of rotatable bonds is 1. The predicted octanol–water partition coefficient (Wildman–Crippen LogP) is 4.86. The van der Waals surface area contributed by atoms with Crippen molar-refractivity contribution in [3.63, 3.8) is 0 Å². The Labute approximate surface area is 153 Å². The van der Waals surface area contributed by atoms with Crippen LogP contribution in [0.5, 0.6) is 0 Å². The van der Waals surface area contributed by atoms with E-state index in [1.165, 1.54) is 23.1 Å². The Bertz CT molecular complexity index is 464. The SMILES string of the molecule is CCl.[C-]1=C(C2C=Cc3ccccc32)C=CC1.[CH3-].[CH3-].[Si].[Zr+3]. The molecule has 0 fully saturated rings. The average molecular weight is 379 g/mol. The molecule has 1 aromatic rings. The summed E-state index contributed by atoms with van der Waals surface area (Å²) in [6, 6.07) is 8.58. The van der Waals surface area contributed by atoms with Gasteiger partial charge in [0.1, 0.15) is 0 Å². The molecule has 103 valence electrons. The first-order valence-corrected chi connectivity index (χ1v) is 6.13. The third-order valence-corrected chi connectivity index (χ3v) is 2.86. The van der Waals surface area contributed by atoms with Crippen LogP contribution >= 0.6 is 11.6 Å². The van der Waals surface area contributed by atoms with E-state index in [1.54, 1.807) is 0 Å². The van der Waals surface area contributed by atoms with Gasteiger partial charge in [0, 0.05) is 17.3 Å². The van der Waals surface area contributed by atoms with Gasteiger partial charge >= 0.3 is 26.2 Å². The molecule has 3 heteroatoms. The molecule has 0 heterocycles. The minimum absolute atomic E-state index is 0. The second-order valence-corrected chi connectivity index (χ2v) is 3.70. The molecule has 2 aliphatic rings. The fourth-order valence-electron chi connectivity index (χ4n) is 2.16. The van der Waals surface area contributed by atoms with Gasteiger partial charge in [0.2, 0.25) is 0 Å². The van der Waals surface area contributed by atoms with Crippen LogP contribution in [0.3, 0.4) is 0 Å². The molecule has 0 saturated carbocycles. The topological polar surface area (TPSA) is 0 Å². The van der Waals surface area contributed by atoms with Gasteiger partial charge < -0.3 is 14.9 Å². The van der Waals surface area contributed by atoms with Crippen molar-refractivity contribution in [1.82, 2.24) is 0 Å². The van der Waals surface area contributed by atoms with Gasteiger partial charge in [-0.15, -0.1) is 18.0 Å². The summed E-state index contributed by atoms with van der Waals surface area (Å²) in [5.41, 5.74) is 4.10. The number of allylic oxidation sites excluding steroid dienone is 5. The van der Waals surface area contributed by atoms with Crippen LogP contribution in [-0.2, 0) is 26.2 Å². The smallest absolute Gasteiger partial charge is 0.358 e. The maximum atomic E-state index is 4.64. The van der Waals surface area contributed by atoms with E-state index in [4.69, 9.17) is 0 Å². The van der Waals surface area contributed by atoms with Crippen molar-refractivity contribution >= 4 is 28.6 Å². The molecule has 5 radical (unpaired) electrons. The van der Waals surface area contributed by atoms with Crippen molar-refractivity contribution in [2.75, 3.05) is 6.38 Å². The Morgan fingerprint density at radius 1 is 1.10 bits per heavy atom. The molecule has 2 aliphatic carbocycles. The molecule has 0 amide bonds. The summed E-state index contributed by atoms with van der Waals surface area (Å²) in [5, 5.41) is 0. The van der Waals surface area contributed by atoms with Gasteiger partial charge in [0.25, 0.3) is 0 Å². The van der Waals surface area contributed by atoms with Crippen molar-refractivity contribution in [3.8, 4) is 0 Å². The Hall–Kier alpha value is -0.170. The number of hydrogen-bond donors (Lipinski definition) is 0. The molecule has 20 heavy (non-hydrogen) atoms. The Morgan fingerprint density at radius 3 is 2.35 bits per heavy atom. The molecular formula is C17H20ClSiZr. The van der Waals surface area contributed by atoms with E-state index in [9.17, 15) is 0 Å². The monoisotopic (exact) mass is 377 g/mol. The van der Waals surface area contributed by atoms with Crippen LogP contribution in [-0.4, -0.2) is 17.3 Å². The van der Waals surface area contributed by atoms with Crippen molar-refractivity contribution in [2.45, 2.75) is 12.3 Å². The van der Waals surface area contributed by atoms with Crippen LogP contribution < -0.4 is 0 Å². The van der Waals surface area contributed by atoms with Gasteiger partial charge in [-0.3, -0.25) is 6.08 Å². The molecule has 1 atom stereocenters. The molecule has 0 N–H and O–H groups in total. The maximum absolute atomic E-state index is 4.64. The van der Waals surface area contributed by atoms with Crippen molar-refractivity contribution in [3.05, 3.63) is 80.1 Å². The summed E-state index contributed by atoms with van der Waals surface area (Å²) in [6.07, 6.45) is 14.7. The molecule has 0 aromatic heterocycles. The van der Waals surface area contributed by atoms with Crippen LogP contribution in [0.25, 0.3) is 6.08 Å². The number of alkyl halides is 1. The van der Waals surface area contributed by atoms with Crippen LogP contribution in [0.15, 0.2) is 48.1 Å². The van der Waals surface area contributed by atoms with Gasteiger partial charge in [-0.1, -0.05) is 36.4 Å². The van der Waals surface area contributed by atoms with E-state index < -0.39 is 0 Å². The van der Waals surface area contributed by atoms with E-state index in [0.717, 1.165) is 6.42 Å². The Kier molecular flexibility index (Phi) is 15.6. The molecular weight excluding hydrogens is 359 g/mol. The van der Waals surface area contributed by atoms with Crippen LogP contribution in [0, 0.1) is 20.9 Å². The summed E-state index contributed by atoms with van der Waals surface area (Å²) in [6.45, 7) is 0. The Balaban J connectivity index is -0.000000463. The van der Waals surface area contributed by atoms with Crippen LogP contribution in [0.4, 0.5) is 0 Å². The number of benzene rings is 1. The second kappa shape index (κ2) is 12.6. The van der Waals surface area contributed by atoms with Crippen molar-refractivity contribution in [2.24, 2.45) is 0 Å². The molecule has 3 rings (SSSR count). The molecule has 1 unspecified atom stereocenters. The van der Waals surface area contributed by atoms with Gasteiger partial charge in [0.15, 0.2) is 0 Å². The van der Waals surface area contributed by atoms with Crippen molar-refractivity contribution < 1.29 is 26.2 Å². The standard InChI is InChI=1S/C14H11.CH3Cl.2CH3.Si.Zr/c1-2-6-11(5-1)14-10-9-12-7-3-4-8-13(12)14;1-2;;;;/h1,3-5,7-10,14H,2H2;1H3;2*1H3;;/q-1;;2*-1;;+3. The quantitative estimate of drug-likeness (QED) is 0.372. The van der Waals surface area contributed by atoms with Gasteiger partial charge in [-0.2, -0.15) is 6.08 Å². The third kappa shape index (κ3) is 5.31. The van der Waals surface area contributed by atoms with E-state index in [0.29, 0.717) is 5.92 Å². The zero-order chi connectivity index (χ0) is 11.4. The third-order valence-electron chi connectivity index (χ3n) is 2.86. The maximum Gasteiger partial charge on any atom is 3.00 e. The molecule has 0 bridgehead atoms. The van der Waals surface area contributed by atoms with E-state index in [2.05, 4.69) is 66.2 Å². The minimum Gasteiger partial charge on any atom is -0.358 e. The fourth-order valence-corrected chi connectivity index (χ4v) is 2.16. The van der Waals surface area contributed by atoms with Crippen molar-refractivity contribution in [1.29, 1.82) is 0 Å². The van der Waals surface area contributed by atoms with Gasteiger partial charge in [-0.25, -0.2) is 11.6 Å². The summed E-state index contributed by atoms with van der Waals surface area (Å²) < 4.78 is 0. The first-order chi connectivity index (χ1) is 7.95. The normalized spacial score (nSPS) is 16.1. The summed E-state index contributed by atoms with van der Waals surface area (Å²) in [7, 11) is 0. The first kappa shape index (κ1) is 24.8. The molecule has 1 aromatic carbocycles. The predicted molar refractivity (Wildman–Crippen MR) is 89.1 cm³/mol. The second-order valence-electron chi connectivity index (χ2n) is 3.70. The van der Waals surface area contributed by atoms with E-state index in [1.807, 2.05) is 0 Å². The zero-order valence-electron chi connectivity index (χ0n) is 12.3. The molecule has 0 aliphatic heterocycles. The minimum atomic E-state index is 0. The van der Waals surface area contributed by atoms with Gasteiger partial charge in [-0.05, 0) is 17.0 Å². The van der Waals surface area contributed by atoms with E-state index in [-0.39, 0.29) is 52.0 Å². The summed E-state index contributed by atoms with van der Waals surface area (Å²) in [4.78, 5) is 0. The molecule has 0 spiro atoms. The summed E-state index contributed by atoms with van der Waals surface area (Å²) >= 11 is 4.64. The first-order valence-electron chi connectivity index (χ1n) is 5.37. The fraction of sp³-hybridized carbons (Fsp3) is 0.176. The van der Waals surface area contributed by atoms with E-state index >= 15 is 0 Å². The number of fused-ring (bicyclic) bond motifs is 1. The van der Waals surface area contributed by atoms with Gasteiger partial charge in [0.05, 0.1) is 0 Å². The number of halogens is 1. The summed E-state index contributed by atoms with van der Waals surface area (Å²) in [5.74, 6) is 0.449. The Morgan fingerprint density at radius 2 is 1.75 bits per heavy atom. The van der Waals surface area contributed by atoms with Crippen LogP contribution in [0.1, 0.15) is 23.5 Å². The largest absolute Gasteiger partial charge is 3.00 e. The van der Waals surface area contributed by atoms with Crippen LogP contribution in [0.2, 0.25) is 0 Å².